The summed E-state index contributed by atoms with van der Waals surface area (Å²) in [6.07, 6.45) is 0. The second-order valence-corrected chi connectivity index (χ2v) is 16.2. The molecule has 308 valence electrons. The van der Waals surface area contributed by atoms with Gasteiger partial charge in [-0.3, -0.25) is 0 Å². The molecule has 0 unspecified atom stereocenters. The first-order valence-corrected chi connectivity index (χ1v) is 22.0. The number of rotatable bonds is 10. The van der Waals surface area contributed by atoms with Gasteiger partial charge in [-0.05, 0) is 140 Å². The van der Waals surface area contributed by atoms with Crippen molar-refractivity contribution in [3.05, 3.63) is 255 Å². The second-order valence-electron chi connectivity index (χ2n) is 16.2. The van der Waals surface area contributed by atoms with Gasteiger partial charge in [-0.1, -0.05) is 109 Å². The molecule has 0 aliphatic heterocycles. The molecule has 65 heavy (non-hydrogen) atoms. The Balaban J connectivity index is 1.06. The van der Waals surface area contributed by atoms with Gasteiger partial charge in [-0.25, -0.2) is 0 Å². The Morgan fingerprint density at radius 2 is 0.600 bits per heavy atom. The van der Waals surface area contributed by atoms with Gasteiger partial charge in [0, 0.05) is 84.5 Å². The average Bonchev–Trinajstić information content (AvgIpc) is 3.89. The molecule has 5 nitrogen and oxygen atoms in total. The standard InChI is InChI=1S/C60H42N4O/c1-7-19-43(20-8-1)61(44-21-9-2-10-22-44)49-31-33-50(34-32-49)64-57-38-36-51(62(45-23-11-3-12-24-45)46-25-13-4-14-26-46)39-54(57)55-42-60-56(41-58(55)64)53-37-35-52(40-59(53)65-60)63(47-27-15-5-16-28-47)48-29-17-6-18-30-48/h1-42H. The maximum atomic E-state index is 6.88. The SMILES string of the molecule is c1ccc(N(c2ccccc2)c2ccc(-n3c4ccc(N(c5ccccc5)c5ccccc5)cc4c4cc5oc6cc(N(c7ccccc7)c7ccccc7)ccc6c5cc43)cc2)cc1. The zero-order valence-electron chi connectivity index (χ0n) is 35.4. The van der Waals surface area contributed by atoms with Crippen LogP contribution in [0.3, 0.4) is 0 Å². The minimum Gasteiger partial charge on any atom is -0.456 e. The summed E-state index contributed by atoms with van der Waals surface area (Å²) in [5.41, 5.74) is 14.7. The van der Waals surface area contributed by atoms with Crippen molar-refractivity contribution in [1.82, 2.24) is 4.57 Å². The Bertz CT molecular complexity index is 3460. The van der Waals surface area contributed by atoms with E-state index in [0.717, 1.165) is 101 Å². The lowest BCUT2D eigenvalue weighted by molar-refractivity contribution is 0.669. The lowest BCUT2D eigenvalue weighted by Gasteiger charge is -2.26. The van der Waals surface area contributed by atoms with Gasteiger partial charge in [-0.15, -0.1) is 0 Å². The molecule has 0 saturated heterocycles. The van der Waals surface area contributed by atoms with E-state index in [-0.39, 0.29) is 0 Å². The lowest BCUT2D eigenvalue weighted by atomic mass is 10.1. The number of para-hydroxylation sites is 6. The molecule has 10 aromatic carbocycles. The molecule has 0 radical (unpaired) electrons. The molecule has 12 rings (SSSR count). The molecule has 0 spiro atoms. The lowest BCUT2D eigenvalue weighted by Crippen LogP contribution is -2.10. The Morgan fingerprint density at radius 1 is 0.246 bits per heavy atom. The minimum absolute atomic E-state index is 0.837. The van der Waals surface area contributed by atoms with Crippen molar-refractivity contribution in [2.24, 2.45) is 0 Å². The van der Waals surface area contributed by atoms with Gasteiger partial charge in [0.2, 0.25) is 0 Å². The molecule has 5 heteroatoms. The Kier molecular flexibility index (Phi) is 9.42. The molecule has 0 amide bonds. The van der Waals surface area contributed by atoms with Crippen molar-refractivity contribution in [3.63, 3.8) is 0 Å². The summed E-state index contributed by atoms with van der Waals surface area (Å²) < 4.78 is 9.28. The van der Waals surface area contributed by atoms with Gasteiger partial charge >= 0.3 is 0 Å². The number of nitrogens with zero attached hydrogens (tertiary/aromatic N) is 4. The largest absolute Gasteiger partial charge is 0.456 e. The van der Waals surface area contributed by atoms with Crippen LogP contribution in [0.15, 0.2) is 259 Å². The first kappa shape index (κ1) is 37.9. The molecular weight excluding hydrogens is 793 g/mol. The van der Waals surface area contributed by atoms with Crippen molar-refractivity contribution in [2.75, 3.05) is 14.7 Å². The number of aromatic nitrogens is 1. The van der Waals surface area contributed by atoms with E-state index in [1.807, 2.05) is 0 Å². The maximum absolute atomic E-state index is 6.88. The summed E-state index contributed by atoms with van der Waals surface area (Å²) in [4.78, 5) is 6.90. The highest BCUT2D eigenvalue weighted by molar-refractivity contribution is 6.18. The molecular formula is C60H42N4O. The molecule has 0 bridgehead atoms. The third-order valence-electron chi connectivity index (χ3n) is 12.3. The van der Waals surface area contributed by atoms with Crippen LogP contribution in [-0.2, 0) is 0 Å². The van der Waals surface area contributed by atoms with Crippen molar-refractivity contribution < 1.29 is 4.42 Å². The Hall–Kier alpha value is -8.80. The fourth-order valence-electron chi connectivity index (χ4n) is 9.38. The Labute approximate surface area is 377 Å². The summed E-state index contributed by atoms with van der Waals surface area (Å²) in [5.74, 6) is 0. The number of fused-ring (bicyclic) bond motifs is 6. The predicted molar refractivity (Wildman–Crippen MR) is 272 cm³/mol. The topological polar surface area (TPSA) is 27.8 Å². The van der Waals surface area contributed by atoms with Crippen molar-refractivity contribution >= 4 is 94.9 Å². The summed E-state index contributed by atoms with van der Waals surface area (Å²) in [6, 6.07) is 90.2. The zero-order chi connectivity index (χ0) is 43.1. The number of benzene rings is 10. The third kappa shape index (κ3) is 6.83. The van der Waals surface area contributed by atoms with E-state index in [4.69, 9.17) is 4.42 Å². The second kappa shape index (κ2) is 16.2. The van der Waals surface area contributed by atoms with Crippen LogP contribution < -0.4 is 14.7 Å². The predicted octanol–water partition coefficient (Wildman–Crippen LogP) is 17.1. The van der Waals surface area contributed by atoms with E-state index in [1.165, 1.54) is 0 Å². The first-order valence-electron chi connectivity index (χ1n) is 22.0. The van der Waals surface area contributed by atoms with E-state index >= 15 is 0 Å². The molecule has 0 N–H and O–H groups in total. The molecule has 12 aromatic rings. The summed E-state index contributed by atoms with van der Waals surface area (Å²) in [7, 11) is 0. The van der Waals surface area contributed by atoms with E-state index in [1.54, 1.807) is 0 Å². The van der Waals surface area contributed by atoms with E-state index in [9.17, 15) is 0 Å². The first-order chi connectivity index (χ1) is 32.2. The number of anilines is 9. The average molecular weight is 835 g/mol. The van der Waals surface area contributed by atoms with Gasteiger partial charge in [0.25, 0.3) is 0 Å². The normalized spacial score (nSPS) is 11.4. The van der Waals surface area contributed by atoms with Gasteiger partial charge < -0.3 is 23.7 Å². The van der Waals surface area contributed by atoms with Crippen LogP contribution in [-0.4, -0.2) is 4.57 Å². The van der Waals surface area contributed by atoms with Gasteiger partial charge in [-0.2, -0.15) is 0 Å². The maximum Gasteiger partial charge on any atom is 0.137 e. The smallest absolute Gasteiger partial charge is 0.137 e. The minimum atomic E-state index is 0.837. The van der Waals surface area contributed by atoms with Crippen molar-refractivity contribution in [1.29, 1.82) is 0 Å². The summed E-state index contributed by atoms with van der Waals surface area (Å²) in [5, 5.41) is 4.39. The van der Waals surface area contributed by atoms with Gasteiger partial charge in [0.1, 0.15) is 11.2 Å². The molecule has 0 aliphatic carbocycles. The summed E-state index contributed by atoms with van der Waals surface area (Å²) >= 11 is 0. The van der Waals surface area contributed by atoms with Crippen molar-refractivity contribution in [3.8, 4) is 5.69 Å². The highest BCUT2D eigenvalue weighted by Gasteiger charge is 2.21. The number of furan rings is 1. The van der Waals surface area contributed by atoms with Gasteiger partial charge in [0.15, 0.2) is 0 Å². The van der Waals surface area contributed by atoms with Crippen molar-refractivity contribution in [2.45, 2.75) is 0 Å². The monoisotopic (exact) mass is 834 g/mol. The molecule has 2 aromatic heterocycles. The van der Waals surface area contributed by atoms with E-state index < -0.39 is 0 Å². The number of hydrogen-bond donors (Lipinski definition) is 0. The van der Waals surface area contributed by atoms with Crippen LogP contribution in [0.1, 0.15) is 0 Å². The van der Waals surface area contributed by atoms with Crippen LogP contribution >= 0.6 is 0 Å². The molecule has 0 saturated carbocycles. The Morgan fingerprint density at radius 3 is 1.06 bits per heavy atom. The highest BCUT2D eigenvalue weighted by atomic mass is 16.3. The van der Waals surface area contributed by atoms with Crippen LogP contribution in [0.25, 0.3) is 49.4 Å². The summed E-state index contributed by atoms with van der Waals surface area (Å²) in [6.45, 7) is 0. The fourth-order valence-corrected chi connectivity index (χ4v) is 9.38. The van der Waals surface area contributed by atoms with Crippen LogP contribution in [0.2, 0.25) is 0 Å². The molecule has 0 fully saturated rings. The molecule has 0 aliphatic rings. The molecule has 0 atom stereocenters. The van der Waals surface area contributed by atoms with Gasteiger partial charge in [0.05, 0.1) is 11.0 Å². The van der Waals surface area contributed by atoms with Crippen LogP contribution in [0.5, 0.6) is 0 Å². The quantitative estimate of drug-likeness (QED) is 0.137. The van der Waals surface area contributed by atoms with E-state index in [2.05, 4.69) is 274 Å². The van der Waals surface area contributed by atoms with Crippen LogP contribution in [0.4, 0.5) is 51.2 Å². The molecule has 2 heterocycles. The highest BCUT2D eigenvalue weighted by Crippen LogP contribution is 2.44. The zero-order valence-corrected chi connectivity index (χ0v) is 35.4. The third-order valence-corrected chi connectivity index (χ3v) is 12.3. The van der Waals surface area contributed by atoms with Crippen LogP contribution in [0, 0.1) is 0 Å². The fraction of sp³-hybridized carbons (Fsp3) is 0. The number of hydrogen-bond acceptors (Lipinski definition) is 4. The van der Waals surface area contributed by atoms with E-state index in [0.29, 0.717) is 0 Å².